The summed E-state index contributed by atoms with van der Waals surface area (Å²) in [5, 5.41) is 0. The van der Waals surface area contributed by atoms with Crippen LogP contribution in [0.5, 0.6) is 0 Å². The maximum atomic E-state index is 12.8. The van der Waals surface area contributed by atoms with Gasteiger partial charge in [-0.1, -0.05) is 53.6 Å². The SMILES string of the molecule is CC(C)=C1[C@H]2C=C[C@H]1[C@@H]1C(=O)N(Cc3ccccc3)C(=O)[C@H]12. The molecule has 0 aromatic heterocycles. The predicted molar refractivity (Wildman–Crippen MR) is 83.5 cm³/mol. The van der Waals surface area contributed by atoms with Gasteiger partial charge in [-0.2, -0.15) is 0 Å². The second-order valence-electron chi connectivity index (χ2n) is 6.69. The van der Waals surface area contributed by atoms with Crippen molar-refractivity contribution >= 4 is 11.8 Å². The summed E-state index contributed by atoms with van der Waals surface area (Å²) in [7, 11) is 0. The van der Waals surface area contributed by atoms with Gasteiger partial charge in [-0.05, 0) is 19.4 Å². The quantitative estimate of drug-likeness (QED) is 0.621. The molecule has 1 saturated carbocycles. The van der Waals surface area contributed by atoms with Crippen molar-refractivity contribution in [1.29, 1.82) is 0 Å². The number of nitrogens with zero attached hydrogens (tertiary/aromatic N) is 1. The average Bonchev–Trinajstić information content (AvgIpc) is 3.14. The Balaban J connectivity index is 1.66. The van der Waals surface area contributed by atoms with Crippen LogP contribution >= 0.6 is 0 Å². The van der Waals surface area contributed by atoms with E-state index in [1.807, 2.05) is 30.3 Å². The molecule has 2 amide bonds. The van der Waals surface area contributed by atoms with Crippen molar-refractivity contribution in [3.8, 4) is 0 Å². The largest absolute Gasteiger partial charge is 0.278 e. The number of hydrogen-bond donors (Lipinski definition) is 0. The number of carbonyl (C=O) groups is 2. The monoisotopic (exact) mass is 293 g/mol. The van der Waals surface area contributed by atoms with E-state index in [2.05, 4.69) is 26.0 Å². The smallest absolute Gasteiger partial charge is 0.234 e. The van der Waals surface area contributed by atoms with Crippen LogP contribution in [0.15, 0.2) is 53.6 Å². The molecule has 4 atom stereocenters. The predicted octanol–water partition coefficient (Wildman–Crippen LogP) is 2.94. The summed E-state index contributed by atoms with van der Waals surface area (Å²) >= 11 is 0. The number of imide groups is 1. The van der Waals surface area contributed by atoms with Gasteiger partial charge in [0.05, 0.1) is 18.4 Å². The van der Waals surface area contributed by atoms with Crippen molar-refractivity contribution in [2.45, 2.75) is 20.4 Å². The van der Waals surface area contributed by atoms with Crippen LogP contribution < -0.4 is 0 Å². The van der Waals surface area contributed by atoms with Crippen LogP contribution in [0.3, 0.4) is 0 Å². The Labute approximate surface area is 130 Å². The number of fused-ring (bicyclic) bond motifs is 5. The second kappa shape index (κ2) is 4.67. The minimum atomic E-state index is -0.170. The van der Waals surface area contributed by atoms with E-state index in [-0.39, 0.29) is 35.5 Å². The van der Waals surface area contributed by atoms with E-state index in [0.29, 0.717) is 6.54 Å². The fourth-order valence-corrected chi connectivity index (χ4v) is 4.41. The first kappa shape index (κ1) is 13.5. The lowest BCUT2D eigenvalue weighted by molar-refractivity contribution is -0.141. The molecule has 1 heterocycles. The number of carbonyl (C=O) groups excluding carboxylic acids is 2. The number of rotatable bonds is 2. The Hall–Kier alpha value is -2.16. The molecule has 3 nitrogen and oxygen atoms in total. The van der Waals surface area contributed by atoms with Gasteiger partial charge in [0.1, 0.15) is 0 Å². The van der Waals surface area contributed by atoms with E-state index in [1.165, 1.54) is 16.0 Å². The van der Waals surface area contributed by atoms with Gasteiger partial charge < -0.3 is 0 Å². The Morgan fingerprint density at radius 1 is 0.955 bits per heavy atom. The Kier molecular flexibility index (Phi) is 2.86. The third-order valence-corrected chi connectivity index (χ3v) is 5.27. The molecule has 0 spiro atoms. The standard InChI is InChI=1S/C19H19NO2/c1-11(2)15-13-8-9-14(15)17-16(13)18(21)20(19(17)22)10-12-6-4-3-5-7-12/h3-9,13-14,16-17H,10H2,1-2H3/t13-,14-,16+,17+/m1/s1. The second-order valence-corrected chi connectivity index (χ2v) is 6.69. The van der Waals surface area contributed by atoms with E-state index in [1.54, 1.807) is 0 Å². The van der Waals surface area contributed by atoms with Crippen molar-refractivity contribution in [3.63, 3.8) is 0 Å². The van der Waals surface area contributed by atoms with Crippen molar-refractivity contribution in [3.05, 3.63) is 59.2 Å². The molecule has 2 aliphatic carbocycles. The molecule has 3 heteroatoms. The lowest BCUT2D eigenvalue weighted by Crippen LogP contribution is -2.32. The van der Waals surface area contributed by atoms with Crippen molar-refractivity contribution in [2.24, 2.45) is 23.7 Å². The van der Waals surface area contributed by atoms with Crippen molar-refractivity contribution in [2.75, 3.05) is 0 Å². The molecule has 1 aliphatic heterocycles. The summed E-state index contributed by atoms with van der Waals surface area (Å²) in [4.78, 5) is 27.1. The lowest BCUT2D eigenvalue weighted by atomic mass is 9.85. The highest BCUT2D eigenvalue weighted by Gasteiger charge is 2.61. The first-order valence-electron chi connectivity index (χ1n) is 7.84. The molecule has 2 bridgehead atoms. The summed E-state index contributed by atoms with van der Waals surface area (Å²) in [6, 6.07) is 9.74. The number of likely N-dealkylation sites (tertiary alicyclic amines) is 1. The molecule has 22 heavy (non-hydrogen) atoms. The number of benzene rings is 1. The molecule has 1 saturated heterocycles. The summed E-state index contributed by atoms with van der Waals surface area (Å²) in [5.74, 6) is -0.0504. The minimum Gasteiger partial charge on any atom is -0.278 e. The van der Waals surface area contributed by atoms with E-state index >= 15 is 0 Å². The molecular formula is C19H19NO2. The molecule has 0 N–H and O–H groups in total. The average molecular weight is 293 g/mol. The Morgan fingerprint density at radius 3 is 2.00 bits per heavy atom. The molecular weight excluding hydrogens is 274 g/mol. The Morgan fingerprint density at radius 2 is 1.50 bits per heavy atom. The van der Waals surface area contributed by atoms with Crippen molar-refractivity contribution in [1.82, 2.24) is 4.90 Å². The topological polar surface area (TPSA) is 37.4 Å². The minimum absolute atomic E-state index is 0.00875. The van der Waals surface area contributed by atoms with Crippen LogP contribution in [0, 0.1) is 23.7 Å². The number of allylic oxidation sites excluding steroid dienone is 4. The summed E-state index contributed by atoms with van der Waals surface area (Å²) in [6.45, 7) is 4.56. The van der Waals surface area contributed by atoms with Crippen LogP contribution in [0.2, 0.25) is 0 Å². The van der Waals surface area contributed by atoms with Crippen LogP contribution in [0.25, 0.3) is 0 Å². The fourth-order valence-electron chi connectivity index (χ4n) is 4.41. The zero-order chi connectivity index (χ0) is 15.4. The van der Waals surface area contributed by atoms with Gasteiger partial charge in [-0.3, -0.25) is 14.5 Å². The zero-order valence-corrected chi connectivity index (χ0v) is 12.8. The van der Waals surface area contributed by atoms with Gasteiger partial charge >= 0.3 is 0 Å². The highest BCUT2D eigenvalue weighted by molar-refractivity contribution is 6.07. The maximum absolute atomic E-state index is 12.8. The lowest BCUT2D eigenvalue weighted by Gasteiger charge is -2.19. The van der Waals surface area contributed by atoms with Crippen LogP contribution in [0.4, 0.5) is 0 Å². The van der Waals surface area contributed by atoms with Gasteiger partial charge in [0.15, 0.2) is 0 Å². The van der Waals surface area contributed by atoms with Crippen LogP contribution in [0.1, 0.15) is 19.4 Å². The van der Waals surface area contributed by atoms with Gasteiger partial charge in [0.2, 0.25) is 11.8 Å². The summed E-state index contributed by atoms with van der Waals surface area (Å²) in [5.41, 5.74) is 3.56. The summed E-state index contributed by atoms with van der Waals surface area (Å²) in [6.07, 6.45) is 4.26. The molecule has 1 aromatic rings. The normalized spacial score (nSPS) is 32.1. The molecule has 0 unspecified atom stereocenters. The molecule has 2 fully saturated rings. The van der Waals surface area contributed by atoms with Gasteiger partial charge in [0.25, 0.3) is 0 Å². The highest BCUT2D eigenvalue weighted by atomic mass is 16.2. The first-order valence-corrected chi connectivity index (χ1v) is 7.84. The fraction of sp³-hybridized carbons (Fsp3) is 0.368. The van der Waals surface area contributed by atoms with Crippen LogP contribution in [-0.2, 0) is 16.1 Å². The third-order valence-electron chi connectivity index (χ3n) is 5.27. The van der Waals surface area contributed by atoms with Gasteiger partial charge in [-0.25, -0.2) is 0 Å². The Bertz CT molecular complexity index is 678. The van der Waals surface area contributed by atoms with E-state index in [0.717, 1.165) is 5.56 Å². The van der Waals surface area contributed by atoms with Gasteiger partial charge in [-0.15, -0.1) is 0 Å². The molecule has 4 rings (SSSR count). The van der Waals surface area contributed by atoms with Crippen molar-refractivity contribution < 1.29 is 9.59 Å². The maximum Gasteiger partial charge on any atom is 0.234 e. The van der Waals surface area contributed by atoms with E-state index < -0.39 is 0 Å². The summed E-state index contributed by atoms with van der Waals surface area (Å²) < 4.78 is 0. The van der Waals surface area contributed by atoms with Gasteiger partial charge in [0, 0.05) is 11.8 Å². The first-order chi connectivity index (χ1) is 10.6. The molecule has 0 radical (unpaired) electrons. The zero-order valence-electron chi connectivity index (χ0n) is 12.8. The van der Waals surface area contributed by atoms with E-state index in [9.17, 15) is 9.59 Å². The van der Waals surface area contributed by atoms with Crippen LogP contribution in [-0.4, -0.2) is 16.7 Å². The molecule has 112 valence electrons. The van der Waals surface area contributed by atoms with E-state index in [4.69, 9.17) is 0 Å². The number of amides is 2. The number of hydrogen-bond acceptors (Lipinski definition) is 2. The molecule has 3 aliphatic rings. The third kappa shape index (κ3) is 1.68. The molecule has 1 aromatic carbocycles. The highest BCUT2D eigenvalue weighted by Crippen LogP contribution is 2.56.